The van der Waals surface area contributed by atoms with E-state index >= 15 is 0 Å². The van der Waals surface area contributed by atoms with Crippen LogP contribution in [0, 0.1) is 5.92 Å². The molecule has 2 aliphatic heterocycles. The van der Waals surface area contributed by atoms with E-state index in [0.29, 0.717) is 32.2 Å². The van der Waals surface area contributed by atoms with Crippen molar-refractivity contribution in [1.29, 1.82) is 0 Å². The zero-order valence-corrected chi connectivity index (χ0v) is 20.0. The number of aromatic nitrogens is 2. The van der Waals surface area contributed by atoms with Gasteiger partial charge in [-0.15, -0.1) is 0 Å². The van der Waals surface area contributed by atoms with Gasteiger partial charge in [0.05, 0.1) is 10.5 Å². The largest absolute Gasteiger partial charge is 0.356 e. The van der Waals surface area contributed by atoms with E-state index in [4.69, 9.17) is 17.2 Å². The zero-order chi connectivity index (χ0) is 22.2. The summed E-state index contributed by atoms with van der Waals surface area (Å²) in [6.07, 6.45) is 11.1. The van der Waals surface area contributed by atoms with E-state index in [1.807, 2.05) is 18.2 Å². The predicted octanol–water partition coefficient (Wildman–Crippen LogP) is 4.46. The summed E-state index contributed by atoms with van der Waals surface area (Å²) in [4.78, 5) is 36.2. The number of anilines is 1. The molecule has 32 heavy (non-hydrogen) atoms. The number of fused-ring (bicyclic) bond motifs is 1. The Labute approximate surface area is 197 Å². The molecule has 8 heteroatoms. The summed E-state index contributed by atoms with van der Waals surface area (Å²) < 4.78 is 2.17. The van der Waals surface area contributed by atoms with Crippen molar-refractivity contribution in [3.05, 3.63) is 45.2 Å². The average molecular weight is 469 g/mol. The summed E-state index contributed by atoms with van der Waals surface area (Å²) in [5.41, 5.74) is 0.956. The van der Waals surface area contributed by atoms with Crippen LogP contribution in [-0.2, 0) is 4.79 Å². The Balaban J connectivity index is 1.57. The number of piperidine rings is 1. The fourth-order valence-electron chi connectivity index (χ4n) is 4.94. The predicted molar refractivity (Wildman–Crippen MR) is 134 cm³/mol. The van der Waals surface area contributed by atoms with Crippen molar-refractivity contribution in [3.8, 4) is 0 Å². The molecule has 168 valence electrons. The van der Waals surface area contributed by atoms with Gasteiger partial charge in [-0.05, 0) is 49.8 Å². The van der Waals surface area contributed by atoms with E-state index in [2.05, 4.69) is 11.8 Å². The van der Waals surface area contributed by atoms with Gasteiger partial charge in [-0.2, -0.15) is 0 Å². The van der Waals surface area contributed by atoms with Crippen molar-refractivity contribution < 1.29 is 4.79 Å². The third-order valence-electron chi connectivity index (χ3n) is 6.87. The van der Waals surface area contributed by atoms with Crippen molar-refractivity contribution in [2.24, 2.45) is 5.92 Å². The van der Waals surface area contributed by atoms with E-state index in [1.54, 1.807) is 21.6 Å². The highest BCUT2D eigenvalue weighted by Gasteiger charge is 2.38. The highest BCUT2D eigenvalue weighted by atomic mass is 32.2. The van der Waals surface area contributed by atoms with E-state index in [9.17, 15) is 9.59 Å². The Kier molecular flexibility index (Phi) is 6.07. The first kappa shape index (κ1) is 21.6. The minimum absolute atomic E-state index is 0.0670. The maximum absolute atomic E-state index is 13.5. The molecule has 0 aromatic carbocycles. The maximum atomic E-state index is 13.5. The number of carbonyl (C=O) groups is 1. The van der Waals surface area contributed by atoms with Crippen molar-refractivity contribution in [2.75, 3.05) is 18.0 Å². The summed E-state index contributed by atoms with van der Waals surface area (Å²) in [5.74, 6) is 1.28. The molecule has 0 atom stereocenters. The Morgan fingerprint density at radius 3 is 2.59 bits per heavy atom. The monoisotopic (exact) mass is 468 g/mol. The number of amides is 1. The Morgan fingerprint density at radius 2 is 1.84 bits per heavy atom. The molecule has 4 heterocycles. The Hall–Kier alpha value is -2.19. The second-order valence-corrected chi connectivity index (χ2v) is 10.8. The van der Waals surface area contributed by atoms with Gasteiger partial charge in [0, 0.05) is 25.3 Å². The highest BCUT2D eigenvalue weighted by Crippen LogP contribution is 2.38. The molecule has 1 aliphatic carbocycles. The van der Waals surface area contributed by atoms with Crippen LogP contribution in [-0.4, -0.2) is 43.6 Å². The van der Waals surface area contributed by atoms with Crippen molar-refractivity contribution in [3.63, 3.8) is 0 Å². The van der Waals surface area contributed by atoms with Crippen molar-refractivity contribution in [2.45, 2.75) is 57.9 Å². The van der Waals surface area contributed by atoms with Crippen LogP contribution in [0.25, 0.3) is 11.7 Å². The molecular formula is C24H28N4O2S2. The molecule has 0 N–H and O–H groups in total. The van der Waals surface area contributed by atoms with Crippen LogP contribution < -0.4 is 10.5 Å². The number of carbonyl (C=O) groups excluding carboxylic acids is 1. The van der Waals surface area contributed by atoms with E-state index in [0.717, 1.165) is 51.6 Å². The smallest absolute Gasteiger partial charge is 0.267 e. The van der Waals surface area contributed by atoms with Crippen LogP contribution in [0.1, 0.15) is 57.4 Å². The number of nitrogens with zero attached hydrogens (tertiary/aromatic N) is 4. The van der Waals surface area contributed by atoms with E-state index in [1.165, 1.54) is 18.2 Å². The topological polar surface area (TPSA) is 57.9 Å². The zero-order valence-electron chi connectivity index (χ0n) is 18.3. The molecule has 0 unspecified atom stereocenters. The second kappa shape index (κ2) is 8.98. The van der Waals surface area contributed by atoms with Crippen LogP contribution >= 0.6 is 24.0 Å². The van der Waals surface area contributed by atoms with Gasteiger partial charge >= 0.3 is 0 Å². The normalized spacial score (nSPS) is 22.5. The third kappa shape index (κ3) is 3.99. The summed E-state index contributed by atoms with van der Waals surface area (Å²) in [7, 11) is 0. The standard InChI is InChI=1S/C24H28N4O2S2/c1-16-10-13-26(14-11-16)21-18(22(29)27-12-6-5-9-20(27)25-21)15-19-23(30)28(24(31)32-19)17-7-3-2-4-8-17/h5-6,9,12,15-17H,2-4,7-8,10-11,13-14H2,1H3/b19-15-. The summed E-state index contributed by atoms with van der Waals surface area (Å²) in [6.45, 7) is 3.98. The minimum atomic E-state index is -0.146. The lowest BCUT2D eigenvalue weighted by molar-refractivity contribution is -0.124. The number of pyridine rings is 1. The number of rotatable bonds is 3. The highest BCUT2D eigenvalue weighted by molar-refractivity contribution is 8.26. The molecule has 2 aromatic heterocycles. The third-order valence-corrected chi connectivity index (χ3v) is 8.20. The number of thiocarbonyl (C=S) groups is 1. The molecule has 0 radical (unpaired) electrons. The first-order valence-corrected chi connectivity index (χ1v) is 12.8. The fourth-order valence-corrected chi connectivity index (χ4v) is 6.33. The van der Waals surface area contributed by atoms with E-state index in [-0.39, 0.29) is 17.5 Å². The maximum Gasteiger partial charge on any atom is 0.267 e. The first-order valence-electron chi connectivity index (χ1n) is 11.6. The average Bonchev–Trinajstić information content (AvgIpc) is 3.09. The molecule has 1 amide bonds. The van der Waals surface area contributed by atoms with Crippen LogP contribution in [0.15, 0.2) is 34.1 Å². The van der Waals surface area contributed by atoms with Crippen molar-refractivity contribution >= 4 is 51.7 Å². The molecule has 5 rings (SSSR count). The first-order chi connectivity index (χ1) is 15.5. The molecule has 6 nitrogen and oxygen atoms in total. The summed E-state index contributed by atoms with van der Waals surface area (Å²) in [6, 6.07) is 5.74. The van der Waals surface area contributed by atoms with Gasteiger partial charge in [0.2, 0.25) is 0 Å². The molecular weight excluding hydrogens is 440 g/mol. The molecule has 2 aromatic rings. The molecule has 2 saturated heterocycles. The molecule has 3 aliphatic rings. The van der Waals surface area contributed by atoms with Crippen LogP contribution in [0.4, 0.5) is 5.82 Å². The van der Waals surface area contributed by atoms with Gasteiger partial charge in [0.15, 0.2) is 0 Å². The summed E-state index contributed by atoms with van der Waals surface area (Å²) >= 11 is 6.90. The van der Waals surface area contributed by atoms with Gasteiger partial charge in [0.25, 0.3) is 11.5 Å². The number of thioether (sulfide) groups is 1. The van der Waals surface area contributed by atoms with Gasteiger partial charge in [-0.25, -0.2) is 4.98 Å². The lowest BCUT2D eigenvalue weighted by atomic mass is 9.94. The van der Waals surface area contributed by atoms with Gasteiger partial charge < -0.3 is 4.90 Å². The van der Waals surface area contributed by atoms with Crippen molar-refractivity contribution in [1.82, 2.24) is 14.3 Å². The lowest BCUT2D eigenvalue weighted by Gasteiger charge is -2.32. The van der Waals surface area contributed by atoms with Gasteiger partial charge in [-0.1, -0.05) is 56.2 Å². The Morgan fingerprint density at radius 1 is 1.09 bits per heavy atom. The molecule has 3 fully saturated rings. The van der Waals surface area contributed by atoms with Gasteiger partial charge in [-0.3, -0.25) is 18.9 Å². The summed E-state index contributed by atoms with van der Waals surface area (Å²) in [5, 5.41) is 0. The molecule has 0 spiro atoms. The lowest BCUT2D eigenvalue weighted by Crippen LogP contribution is -2.39. The quantitative estimate of drug-likeness (QED) is 0.490. The molecule has 0 bridgehead atoms. The fraction of sp³-hybridized carbons (Fsp3) is 0.500. The SMILES string of the molecule is CC1CCN(c2nc3ccccn3c(=O)c2/C=C2\SC(=S)N(C3CCCCC3)C2=O)CC1. The second-order valence-electron chi connectivity index (χ2n) is 9.10. The van der Waals surface area contributed by atoms with E-state index < -0.39 is 0 Å². The van der Waals surface area contributed by atoms with Crippen LogP contribution in [0.5, 0.6) is 0 Å². The van der Waals surface area contributed by atoms with Gasteiger partial charge in [0.1, 0.15) is 15.8 Å². The van der Waals surface area contributed by atoms with Crippen LogP contribution in [0.3, 0.4) is 0 Å². The molecule has 1 saturated carbocycles. The Bertz CT molecular complexity index is 1140. The number of hydrogen-bond acceptors (Lipinski definition) is 6. The number of hydrogen-bond donors (Lipinski definition) is 0. The van der Waals surface area contributed by atoms with Crippen LogP contribution in [0.2, 0.25) is 0 Å². The minimum Gasteiger partial charge on any atom is -0.356 e.